The zero-order valence-corrected chi connectivity index (χ0v) is 33.6. The normalized spacial score (nSPS) is 10.9. The number of hydrogen-bond donors (Lipinski definition) is 0. The van der Waals surface area contributed by atoms with E-state index < -0.39 is 0 Å². The van der Waals surface area contributed by atoms with Gasteiger partial charge in [0.25, 0.3) is 0 Å². The molecule has 0 atom stereocenters. The van der Waals surface area contributed by atoms with Gasteiger partial charge in [0.15, 0.2) is 11.6 Å². The number of rotatable bonds is 9. The number of nitrogens with zero attached hydrogens (tertiary/aromatic N) is 5. The highest BCUT2D eigenvalue weighted by Crippen LogP contribution is 2.40. The van der Waals surface area contributed by atoms with E-state index in [-0.39, 0.29) is 0 Å². The summed E-state index contributed by atoms with van der Waals surface area (Å²) in [6.45, 7) is 0. The van der Waals surface area contributed by atoms with Crippen molar-refractivity contribution in [3.8, 4) is 107 Å². The molecule has 0 spiro atoms. The van der Waals surface area contributed by atoms with Crippen molar-refractivity contribution in [3.05, 3.63) is 230 Å². The molecule has 8 aromatic carbocycles. The lowest BCUT2D eigenvalue weighted by Gasteiger charge is -2.16. The number of nitriles is 1. The highest BCUT2D eigenvalue weighted by atomic mass is 14.9. The second kappa shape index (κ2) is 16.9. The zero-order valence-electron chi connectivity index (χ0n) is 33.6. The Morgan fingerprint density at radius 1 is 0.258 bits per heavy atom. The SMILES string of the molecule is N#Cc1ccc(-c2cccc(-c3cc(-c4ccccc4-c4ccccc4-c4cccc(-c5cc(-c6ccccc6)nc(-c6ccccc6)n5)c4)nc(-c4ccccc4)n3)c2)cc1. The molecule has 0 radical (unpaired) electrons. The maximum Gasteiger partial charge on any atom is 0.160 e. The van der Waals surface area contributed by atoms with Crippen LogP contribution in [-0.4, -0.2) is 19.9 Å². The molecule has 0 saturated heterocycles. The third-order valence-electron chi connectivity index (χ3n) is 11.0. The van der Waals surface area contributed by atoms with Crippen LogP contribution in [0.25, 0.3) is 101 Å². The third kappa shape index (κ3) is 7.80. The number of benzene rings is 8. The van der Waals surface area contributed by atoms with Crippen LogP contribution >= 0.6 is 0 Å². The Kier molecular flexibility index (Phi) is 10.3. The summed E-state index contributed by atoms with van der Waals surface area (Å²) in [5.74, 6) is 1.33. The standard InChI is InChI=1S/C57H37N5/c58-38-39-30-32-40(33-31-39)44-22-14-24-46(34-44)54-37-55(62-57(61-54)43-20-8-3-9-21-43)51-29-13-12-28-50(51)49-27-11-10-26-48(49)45-23-15-25-47(35-45)53-36-52(41-16-4-1-5-17-41)59-56(60-53)42-18-6-2-7-19-42/h1-37H. The lowest BCUT2D eigenvalue weighted by Crippen LogP contribution is -1.98. The average molecular weight is 792 g/mol. The first-order chi connectivity index (χ1) is 30.7. The summed E-state index contributed by atoms with van der Waals surface area (Å²) in [5.41, 5.74) is 16.3. The second-order valence-electron chi connectivity index (χ2n) is 15.0. The Labute approximate surface area is 361 Å². The van der Waals surface area contributed by atoms with Gasteiger partial charge in [0.05, 0.1) is 34.4 Å². The van der Waals surface area contributed by atoms with E-state index >= 15 is 0 Å². The molecule has 290 valence electrons. The largest absolute Gasteiger partial charge is 0.228 e. The first-order valence-corrected chi connectivity index (χ1v) is 20.5. The van der Waals surface area contributed by atoms with E-state index in [1.807, 2.05) is 91.0 Å². The lowest BCUT2D eigenvalue weighted by atomic mass is 9.89. The molecular formula is C57H37N5. The molecule has 2 heterocycles. The third-order valence-corrected chi connectivity index (χ3v) is 11.0. The first-order valence-electron chi connectivity index (χ1n) is 20.5. The molecule has 5 heteroatoms. The summed E-state index contributed by atoms with van der Waals surface area (Å²) in [6, 6.07) is 78.7. The van der Waals surface area contributed by atoms with Gasteiger partial charge < -0.3 is 0 Å². The van der Waals surface area contributed by atoms with E-state index in [0.717, 1.165) is 89.5 Å². The van der Waals surface area contributed by atoms with Crippen molar-refractivity contribution < 1.29 is 0 Å². The van der Waals surface area contributed by atoms with Crippen molar-refractivity contribution in [2.45, 2.75) is 0 Å². The minimum Gasteiger partial charge on any atom is -0.228 e. The summed E-state index contributed by atoms with van der Waals surface area (Å²) in [4.78, 5) is 20.5. The van der Waals surface area contributed by atoms with Gasteiger partial charge in [0.2, 0.25) is 0 Å². The minimum absolute atomic E-state index is 0.631. The minimum atomic E-state index is 0.631. The monoisotopic (exact) mass is 791 g/mol. The van der Waals surface area contributed by atoms with Crippen molar-refractivity contribution >= 4 is 0 Å². The fraction of sp³-hybridized carbons (Fsp3) is 0. The van der Waals surface area contributed by atoms with Crippen molar-refractivity contribution in [3.63, 3.8) is 0 Å². The van der Waals surface area contributed by atoms with Gasteiger partial charge in [-0.3, -0.25) is 0 Å². The molecule has 10 rings (SSSR count). The fourth-order valence-electron chi connectivity index (χ4n) is 7.87. The Morgan fingerprint density at radius 3 is 1.21 bits per heavy atom. The molecule has 0 bridgehead atoms. The van der Waals surface area contributed by atoms with E-state index in [0.29, 0.717) is 17.2 Å². The van der Waals surface area contributed by atoms with E-state index in [2.05, 4.69) is 140 Å². The molecule has 0 aliphatic heterocycles. The fourth-order valence-corrected chi connectivity index (χ4v) is 7.87. The molecule has 0 amide bonds. The van der Waals surface area contributed by atoms with Gasteiger partial charge >= 0.3 is 0 Å². The Hall–Kier alpha value is -8.59. The predicted molar refractivity (Wildman–Crippen MR) is 251 cm³/mol. The molecule has 0 N–H and O–H groups in total. The Balaban J connectivity index is 1.08. The van der Waals surface area contributed by atoms with E-state index in [1.54, 1.807) is 0 Å². The maximum atomic E-state index is 9.37. The molecule has 2 aromatic heterocycles. The van der Waals surface area contributed by atoms with Crippen molar-refractivity contribution in [1.29, 1.82) is 5.26 Å². The molecule has 0 unspecified atom stereocenters. The van der Waals surface area contributed by atoms with Crippen LogP contribution < -0.4 is 0 Å². The van der Waals surface area contributed by atoms with Crippen LogP contribution in [0.1, 0.15) is 5.56 Å². The number of hydrogen-bond acceptors (Lipinski definition) is 5. The molecule has 0 aliphatic carbocycles. The topological polar surface area (TPSA) is 75.3 Å². The van der Waals surface area contributed by atoms with Crippen molar-refractivity contribution in [1.82, 2.24) is 19.9 Å². The van der Waals surface area contributed by atoms with Crippen LogP contribution in [0.3, 0.4) is 0 Å². The van der Waals surface area contributed by atoms with Crippen molar-refractivity contribution in [2.75, 3.05) is 0 Å². The molecule has 10 aromatic rings. The average Bonchev–Trinajstić information content (AvgIpc) is 3.37. The highest BCUT2D eigenvalue weighted by molar-refractivity contribution is 5.92. The van der Waals surface area contributed by atoms with Gasteiger partial charge in [-0.25, -0.2) is 19.9 Å². The van der Waals surface area contributed by atoms with Gasteiger partial charge in [0.1, 0.15) is 0 Å². The van der Waals surface area contributed by atoms with Gasteiger partial charge in [-0.2, -0.15) is 5.26 Å². The highest BCUT2D eigenvalue weighted by Gasteiger charge is 2.18. The molecule has 0 fully saturated rings. The van der Waals surface area contributed by atoms with E-state index in [1.165, 1.54) is 0 Å². The maximum absolute atomic E-state index is 9.37. The predicted octanol–water partition coefficient (Wildman–Crippen LogP) is 14.1. The lowest BCUT2D eigenvalue weighted by molar-refractivity contribution is 1.18. The van der Waals surface area contributed by atoms with E-state index in [9.17, 15) is 5.26 Å². The van der Waals surface area contributed by atoms with Crippen LogP contribution in [0.4, 0.5) is 0 Å². The van der Waals surface area contributed by atoms with Crippen molar-refractivity contribution in [2.24, 2.45) is 0 Å². The van der Waals surface area contributed by atoms with Gasteiger partial charge in [-0.1, -0.05) is 188 Å². The summed E-state index contributed by atoms with van der Waals surface area (Å²) in [7, 11) is 0. The summed E-state index contributed by atoms with van der Waals surface area (Å²) >= 11 is 0. The summed E-state index contributed by atoms with van der Waals surface area (Å²) < 4.78 is 0. The molecule has 0 aliphatic rings. The molecule has 62 heavy (non-hydrogen) atoms. The number of aromatic nitrogens is 4. The second-order valence-corrected chi connectivity index (χ2v) is 15.0. The van der Waals surface area contributed by atoms with Crippen LogP contribution in [0, 0.1) is 11.3 Å². The quantitative estimate of drug-likeness (QED) is 0.145. The van der Waals surface area contributed by atoms with Crippen LogP contribution in [-0.2, 0) is 0 Å². The molecule has 0 saturated carbocycles. The van der Waals surface area contributed by atoms with Crippen LogP contribution in [0.5, 0.6) is 0 Å². The Morgan fingerprint density at radius 2 is 0.645 bits per heavy atom. The first kappa shape index (κ1) is 37.7. The smallest absolute Gasteiger partial charge is 0.160 e. The molecule has 5 nitrogen and oxygen atoms in total. The van der Waals surface area contributed by atoms with Crippen LogP contribution in [0.15, 0.2) is 224 Å². The van der Waals surface area contributed by atoms with Gasteiger partial charge in [-0.05, 0) is 69.8 Å². The summed E-state index contributed by atoms with van der Waals surface area (Å²) in [6.07, 6.45) is 0. The summed E-state index contributed by atoms with van der Waals surface area (Å²) in [5, 5.41) is 9.37. The van der Waals surface area contributed by atoms with E-state index in [4.69, 9.17) is 19.9 Å². The van der Waals surface area contributed by atoms with Gasteiger partial charge in [-0.15, -0.1) is 0 Å². The molecular weight excluding hydrogens is 755 g/mol. The Bertz CT molecular complexity index is 3170. The van der Waals surface area contributed by atoms with Crippen LogP contribution in [0.2, 0.25) is 0 Å². The van der Waals surface area contributed by atoms with Gasteiger partial charge in [0, 0.05) is 33.4 Å². The zero-order chi connectivity index (χ0) is 41.7.